The average molecular weight is 489 g/mol. The standard InChI is InChI=1S/C24H40N8OS/c25-18-5-7-19(8-6-18)27-24-28-22(30-31-12-9-17(10-13-31)11-14-33-16-34)21-23(29-24)32(15-26-21)20-3-1-2-4-20/h15,17-20,34H,1-14,16,25H2,(H2,27,28,29,30). The minimum Gasteiger partial charge on any atom is -0.371 e. The number of rotatable bonds is 9. The highest BCUT2D eigenvalue weighted by Gasteiger charge is 2.25. The highest BCUT2D eigenvalue weighted by Crippen LogP contribution is 2.33. The van der Waals surface area contributed by atoms with Crippen LogP contribution in [-0.4, -0.2) is 62.2 Å². The molecule has 9 nitrogen and oxygen atoms in total. The molecule has 0 unspecified atom stereocenters. The van der Waals surface area contributed by atoms with E-state index in [2.05, 4.69) is 32.9 Å². The van der Waals surface area contributed by atoms with Crippen LogP contribution in [0.3, 0.4) is 0 Å². The maximum Gasteiger partial charge on any atom is 0.227 e. The minimum atomic E-state index is 0.329. The van der Waals surface area contributed by atoms with Gasteiger partial charge in [-0.1, -0.05) is 12.8 Å². The SMILES string of the molecule is NC1CCC(Nc2nc(NN3CCC(CCOCS)CC3)c3ncn(C4CCCC4)c3n2)CC1. The monoisotopic (exact) mass is 488 g/mol. The molecule has 34 heavy (non-hydrogen) atoms. The number of hydrogen-bond donors (Lipinski definition) is 4. The number of anilines is 2. The lowest BCUT2D eigenvalue weighted by Crippen LogP contribution is -2.38. The zero-order chi connectivity index (χ0) is 23.3. The molecule has 0 aromatic carbocycles. The van der Waals surface area contributed by atoms with Crippen molar-refractivity contribution in [3.05, 3.63) is 6.33 Å². The number of hydrogen-bond acceptors (Lipinski definition) is 9. The predicted molar refractivity (Wildman–Crippen MR) is 139 cm³/mol. The van der Waals surface area contributed by atoms with Crippen LogP contribution in [0, 0.1) is 5.92 Å². The van der Waals surface area contributed by atoms with Gasteiger partial charge in [-0.05, 0) is 63.7 Å². The molecule has 2 aliphatic carbocycles. The number of nitrogens with two attached hydrogens (primary N) is 1. The summed E-state index contributed by atoms with van der Waals surface area (Å²) in [7, 11) is 0. The Bertz CT molecular complexity index is 917. The van der Waals surface area contributed by atoms with Crippen molar-refractivity contribution in [1.82, 2.24) is 24.5 Å². The fourth-order valence-corrected chi connectivity index (χ4v) is 5.88. The van der Waals surface area contributed by atoms with Crippen LogP contribution in [0.15, 0.2) is 6.33 Å². The van der Waals surface area contributed by atoms with Crippen molar-refractivity contribution < 1.29 is 4.74 Å². The molecule has 0 amide bonds. The maximum absolute atomic E-state index is 6.12. The van der Waals surface area contributed by atoms with E-state index in [9.17, 15) is 0 Å². The van der Waals surface area contributed by atoms with Crippen LogP contribution in [0.2, 0.25) is 0 Å². The number of nitrogens with zero attached hydrogens (tertiary/aromatic N) is 5. The summed E-state index contributed by atoms with van der Waals surface area (Å²) in [5, 5.41) is 5.90. The quantitative estimate of drug-likeness (QED) is 0.239. The number of hydrazine groups is 1. The molecule has 2 saturated carbocycles. The van der Waals surface area contributed by atoms with Gasteiger partial charge in [-0.25, -0.2) is 9.99 Å². The highest BCUT2D eigenvalue weighted by atomic mass is 32.1. The van der Waals surface area contributed by atoms with E-state index in [-0.39, 0.29) is 0 Å². The van der Waals surface area contributed by atoms with E-state index in [1.807, 2.05) is 6.33 Å². The second-order valence-corrected chi connectivity index (χ2v) is 10.5. The molecule has 2 aromatic heterocycles. The molecule has 5 rings (SSSR count). The van der Waals surface area contributed by atoms with Gasteiger partial charge in [0.2, 0.25) is 5.95 Å². The van der Waals surface area contributed by atoms with E-state index < -0.39 is 0 Å². The first-order valence-electron chi connectivity index (χ1n) is 13.2. The first-order chi connectivity index (χ1) is 16.7. The van der Waals surface area contributed by atoms with Gasteiger partial charge in [-0.3, -0.25) is 0 Å². The average Bonchev–Trinajstić information content (AvgIpc) is 3.52. The lowest BCUT2D eigenvalue weighted by Gasteiger charge is -2.32. The Balaban J connectivity index is 1.32. The number of ether oxygens (including phenoxy) is 1. The van der Waals surface area contributed by atoms with E-state index >= 15 is 0 Å². The first kappa shape index (κ1) is 24.1. The molecule has 1 saturated heterocycles. The van der Waals surface area contributed by atoms with E-state index in [4.69, 9.17) is 25.4 Å². The number of fused-ring (bicyclic) bond motifs is 1. The summed E-state index contributed by atoms with van der Waals surface area (Å²) >= 11 is 4.13. The van der Waals surface area contributed by atoms with Crippen molar-refractivity contribution in [3.8, 4) is 0 Å². The van der Waals surface area contributed by atoms with Gasteiger partial charge < -0.3 is 25.8 Å². The summed E-state index contributed by atoms with van der Waals surface area (Å²) < 4.78 is 7.71. The molecule has 0 bridgehead atoms. The van der Waals surface area contributed by atoms with Gasteiger partial charge in [-0.2, -0.15) is 22.6 Å². The molecule has 188 valence electrons. The van der Waals surface area contributed by atoms with Gasteiger partial charge >= 0.3 is 0 Å². The van der Waals surface area contributed by atoms with E-state index in [1.54, 1.807) is 0 Å². The van der Waals surface area contributed by atoms with E-state index in [1.165, 1.54) is 25.7 Å². The van der Waals surface area contributed by atoms with E-state index in [0.717, 1.165) is 81.6 Å². The summed E-state index contributed by atoms with van der Waals surface area (Å²) in [6.45, 7) is 2.78. The maximum atomic E-state index is 6.12. The highest BCUT2D eigenvalue weighted by molar-refractivity contribution is 7.80. The number of thiol groups is 1. The molecule has 3 aliphatic rings. The molecule has 10 heteroatoms. The first-order valence-corrected chi connectivity index (χ1v) is 13.8. The normalized spacial score (nSPS) is 25.2. The van der Waals surface area contributed by atoms with Crippen LogP contribution in [-0.2, 0) is 4.74 Å². The summed E-state index contributed by atoms with van der Waals surface area (Å²) in [5.41, 5.74) is 11.5. The third-order valence-corrected chi connectivity index (χ3v) is 8.07. The summed E-state index contributed by atoms with van der Waals surface area (Å²) in [4.78, 5) is 14.7. The Kier molecular flexibility index (Phi) is 8.09. The zero-order valence-corrected chi connectivity index (χ0v) is 21.1. The lowest BCUT2D eigenvalue weighted by molar-refractivity contribution is 0.138. The lowest BCUT2D eigenvalue weighted by atomic mass is 9.92. The summed E-state index contributed by atoms with van der Waals surface area (Å²) in [6, 6.07) is 1.20. The predicted octanol–water partition coefficient (Wildman–Crippen LogP) is 3.96. The topological polar surface area (TPSA) is 106 Å². The summed E-state index contributed by atoms with van der Waals surface area (Å²) in [5.74, 6) is 2.73. The fraction of sp³-hybridized carbons (Fsp3) is 0.792. The number of imidazole rings is 1. The fourth-order valence-electron chi connectivity index (χ4n) is 5.75. The Morgan fingerprint density at radius 3 is 2.53 bits per heavy atom. The van der Waals surface area contributed by atoms with Gasteiger partial charge in [0, 0.05) is 37.8 Å². The molecule has 1 aliphatic heterocycles. The molecular weight excluding hydrogens is 448 g/mol. The molecule has 3 fully saturated rings. The number of aromatic nitrogens is 4. The molecule has 3 heterocycles. The van der Waals surface area contributed by atoms with Gasteiger partial charge in [-0.15, -0.1) is 0 Å². The van der Waals surface area contributed by atoms with Crippen LogP contribution in [0.1, 0.15) is 76.7 Å². The molecule has 4 N–H and O–H groups in total. The molecular formula is C24H40N8OS. The Morgan fingerprint density at radius 2 is 1.79 bits per heavy atom. The van der Waals surface area contributed by atoms with Crippen LogP contribution in [0.4, 0.5) is 11.8 Å². The van der Waals surface area contributed by atoms with Crippen molar-refractivity contribution >= 4 is 35.6 Å². The number of nitrogens with one attached hydrogen (secondary N) is 2. The Labute approximate surface area is 208 Å². The zero-order valence-electron chi connectivity index (χ0n) is 20.2. The van der Waals surface area contributed by atoms with Crippen LogP contribution in [0.5, 0.6) is 0 Å². The largest absolute Gasteiger partial charge is 0.371 e. The van der Waals surface area contributed by atoms with Crippen LogP contribution < -0.4 is 16.5 Å². The van der Waals surface area contributed by atoms with Crippen molar-refractivity contribution in [2.24, 2.45) is 11.7 Å². The second-order valence-electron chi connectivity index (χ2n) is 10.3. The van der Waals surface area contributed by atoms with Crippen molar-refractivity contribution in [2.45, 2.75) is 88.8 Å². The van der Waals surface area contributed by atoms with Gasteiger partial charge in [0.15, 0.2) is 17.0 Å². The van der Waals surface area contributed by atoms with E-state index in [0.29, 0.717) is 35.9 Å². The molecule has 2 aromatic rings. The molecule has 0 spiro atoms. The summed E-state index contributed by atoms with van der Waals surface area (Å²) in [6.07, 6.45) is 14.6. The van der Waals surface area contributed by atoms with Gasteiger partial charge in [0.05, 0.1) is 12.3 Å². The van der Waals surface area contributed by atoms with Crippen molar-refractivity contribution in [3.63, 3.8) is 0 Å². The van der Waals surface area contributed by atoms with Crippen molar-refractivity contribution in [1.29, 1.82) is 0 Å². The Hall–Kier alpha value is -1.62. The minimum absolute atomic E-state index is 0.329. The van der Waals surface area contributed by atoms with Crippen LogP contribution in [0.25, 0.3) is 11.2 Å². The second kappa shape index (κ2) is 11.4. The Morgan fingerprint density at radius 1 is 1.03 bits per heavy atom. The molecule has 0 radical (unpaired) electrons. The third kappa shape index (κ3) is 5.78. The van der Waals surface area contributed by atoms with Crippen molar-refractivity contribution in [2.75, 3.05) is 36.4 Å². The van der Waals surface area contributed by atoms with Gasteiger partial charge in [0.25, 0.3) is 0 Å². The van der Waals surface area contributed by atoms with Crippen LogP contribution >= 0.6 is 12.6 Å². The third-order valence-electron chi connectivity index (χ3n) is 7.88. The molecule has 0 atom stereocenters. The smallest absolute Gasteiger partial charge is 0.227 e. The van der Waals surface area contributed by atoms with Gasteiger partial charge in [0.1, 0.15) is 0 Å². The number of piperidine rings is 1.